The summed E-state index contributed by atoms with van der Waals surface area (Å²) in [5.41, 5.74) is 3.04. The predicted molar refractivity (Wildman–Crippen MR) is 78.7 cm³/mol. The lowest BCUT2D eigenvalue weighted by Gasteiger charge is -2.33. The number of likely N-dealkylation sites (tertiary alicyclic amines) is 1. The smallest absolute Gasteiger partial charge is 0.410 e. The van der Waals surface area contributed by atoms with Gasteiger partial charge in [-0.3, -0.25) is 4.99 Å². The van der Waals surface area contributed by atoms with Gasteiger partial charge in [-0.15, -0.1) is 0 Å². The van der Waals surface area contributed by atoms with Crippen LogP contribution in [0.2, 0.25) is 0 Å². The van der Waals surface area contributed by atoms with E-state index in [2.05, 4.69) is 11.1 Å². The van der Waals surface area contributed by atoms with Gasteiger partial charge in [0.15, 0.2) is 0 Å². The molecule has 0 unspecified atom stereocenters. The molecule has 0 aliphatic carbocycles. The summed E-state index contributed by atoms with van der Waals surface area (Å²) in [6, 6.07) is 8.18. The maximum Gasteiger partial charge on any atom is 0.410 e. The molecule has 0 bridgehead atoms. The van der Waals surface area contributed by atoms with Crippen molar-refractivity contribution in [3.63, 3.8) is 0 Å². The van der Waals surface area contributed by atoms with Crippen molar-refractivity contribution in [3.05, 3.63) is 29.8 Å². The summed E-state index contributed by atoms with van der Waals surface area (Å²) in [7, 11) is 0. The minimum Gasteiger partial charge on any atom is -0.444 e. The zero-order valence-electron chi connectivity index (χ0n) is 12.2. The lowest BCUT2D eigenvalue weighted by atomic mass is 9.91. The third kappa shape index (κ3) is 2.42. The van der Waals surface area contributed by atoms with Crippen LogP contribution in [0.3, 0.4) is 0 Å². The second-order valence-electron chi connectivity index (χ2n) is 6.39. The molecule has 2 aliphatic heterocycles. The normalized spacial score (nSPS) is 21.1. The molecule has 1 aromatic rings. The van der Waals surface area contributed by atoms with Gasteiger partial charge in [-0.25, -0.2) is 4.79 Å². The van der Waals surface area contributed by atoms with Gasteiger partial charge in [-0.2, -0.15) is 0 Å². The number of aliphatic imine (C=N–C) groups is 1. The maximum atomic E-state index is 12.2. The van der Waals surface area contributed by atoms with Crippen molar-refractivity contribution >= 4 is 17.5 Å². The molecule has 1 atom stereocenters. The lowest BCUT2D eigenvalue weighted by Crippen LogP contribution is -2.44. The second-order valence-corrected chi connectivity index (χ2v) is 6.39. The minimum absolute atomic E-state index is 0.221. The molecular weight excluding hydrogens is 252 g/mol. The van der Waals surface area contributed by atoms with Gasteiger partial charge in [0.25, 0.3) is 0 Å². The number of hydrogen-bond acceptors (Lipinski definition) is 3. The molecule has 1 fully saturated rings. The second kappa shape index (κ2) is 4.62. The minimum atomic E-state index is -0.445. The van der Waals surface area contributed by atoms with Crippen LogP contribution < -0.4 is 0 Å². The van der Waals surface area contributed by atoms with Crippen molar-refractivity contribution in [1.29, 1.82) is 0 Å². The Balaban J connectivity index is 1.76. The van der Waals surface area contributed by atoms with E-state index in [1.807, 2.05) is 39.0 Å². The first kappa shape index (κ1) is 13.2. The highest BCUT2D eigenvalue weighted by atomic mass is 16.6. The zero-order chi connectivity index (χ0) is 14.3. The molecule has 106 valence electrons. The highest BCUT2D eigenvalue weighted by Gasteiger charge is 2.35. The Kier molecular flexibility index (Phi) is 3.04. The lowest BCUT2D eigenvalue weighted by molar-refractivity contribution is 0.0241. The molecule has 20 heavy (non-hydrogen) atoms. The molecule has 0 aromatic heterocycles. The van der Waals surface area contributed by atoms with Crippen molar-refractivity contribution < 1.29 is 9.53 Å². The van der Waals surface area contributed by atoms with Crippen LogP contribution in [0.25, 0.3) is 0 Å². The van der Waals surface area contributed by atoms with Crippen LogP contribution >= 0.6 is 0 Å². The van der Waals surface area contributed by atoms with Crippen LogP contribution in [0.4, 0.5) is 10.5 Å². The van der Waals surface area contributed by atoms with E-state index in [-0.39, 0.29) is 12.0 Å². The Morgan fingerprint density at radius 1 is 1.35 bits per heavy atom. The average Bonchev–Trinajstić information content (AvgIpc) is 2.74. The molecule has 4 nitrogen and oxygen atoms in total. The predicted octanol–water partition coefficient (Wildman–Crippen LogP) is 3.50. The first-order valence-electron chi connectivity index (χ1n) is 7.08. The zero-order valence-corrected chi connectivity index (χ0v) is 12.2. The first-order chi connectivity index (χ1) is 9.44. The van der Waals surface area contributed by atoms with Crippen molar-refractivity contribution in [2.45, 2.75) is 38.7 Å². The molecule has 2 aliphatic rings. The summed E-state index contributed by atoms with van der Waals surface area (Å²) < 4.78 is 5.46. The van der Waals surface area contributed by atoms with E-state index in [9.17, 15) is 4.79 Å². The quantitative estimate of drug-likeness (QED) is 0.725. The Hall–Kier alpha value is -1.84. The van der Waals surface area contributed by atoms with E-state index in [0.717, 1.165) is 12.1 Å². The Morgan fingerprint density at radius 3 is 2.85 bits per heavy atom. The van der Waals surface area contributed by atoms with Crippen LogP contribution in [0.5, 0.6) is 0 Å². The molecular formula is C16H20N2O2. The average molecular weight is 272 g/mol. The number of nitrogens with zero attached hydrogens (tertiary/aromatic N) is 2. The number of rotatable bonds is 0. The van der Waals surface area contributed by atoms with Crippen LogP contribution in [0, 0.1) is 0 Å². The van der Waals surface area contributed by atoms with Crippen molar-refractivity contribution in [1.82, 2.24) is 4.90 Å². The van der Waals surface area contributed by atoms with E-state index in [4.69, 9.17) is 4.74 Å². The number of para-hydroxylation sites is 1. The van der Waals surface area contributed by atoms with Crippen LogP contribution in [-0.4, -0.2) is 35.4 Å². The van der Waals surface area contributed by atoms with Gasteiger partial charge in [0.1, 0.15) is 5.60 Å². The van der Waals surface area contributed by atoms with Gasteiger partial charge in [0.2, 0.25) is 0 Å². The van der Waals surface area contributed by atoms with Crippen LogP contribution in [0.1, 0.15) is 38.7 Å². The van der Waals surface area contributed by atoms with Crippen molar-refractivity contribution in [2.24, 2.45) is 4.99 Å². The summed E-state index contributed by atoms with van der Waals surface area (Å²) in [5.74, 6) is 0.243. The number of benzene rings is 1. The molecule has 0 radical (unpaired) electrons. The van der Waals surface area contributed by atoms with E-state index in [0.29, 0.717) is 13.1 Å². The topological polar surface area (TPSA) is 41.9 Å². The number of amides is 1. The fourth-order valence-electron chi connectivity index (χ4n) is 2.78. The summed E-state index contributed by atoms with van der Waals surface area (Å²) in [4.78, 5) is 18.7. The monoisotopic (exact) mass is 272 g/mol. The van der Waals surface area contributed by atoms with Crippen LogP contribution in [-0.2, 0) is 4.74 Å². The molecule has 0 spiro atoms. The van der Waals surface area contributed by atoms with Gasteiger partial charge in [0, 0.05) is 31.1 Å². The molecule has 2 heterocycles. The van der Waals surface area contributed by atoms with Gasteiger partial charge in [-0.1, -0.05) is 18.2 Å². The van der Waals surface area contributed by atoms with E-state index in [1.54, 1.807) is 4.90 Å². The fourth-order valence-corrected chi connectivity index (χ4v) is 2.78. The van der Waals surface area contributed by atoms with Crippen molar-refractivity contribution in [3.8, 4) is 0 Å². The van der Waals surface area contributed by atoms with Crippen molar-refractivity contribution in [2.75, 3.05) is 13.1 Å². The van der Waals surface area contributed by atoms with Crippen LogP contribution in [0.15, 0.2) is 29.3 Å². The highest BCUT2D eigenvalue weighted by Crippen LogP contribution is 2.38. The number of hydrogen-bond donors (Lipinski definition) is 0. The molecule has 4 heteroatoms. The van der Waals surface area contributed by atoms with Gasteiger partial charge >= 0.3 is 6.09 Å². The molecule has 0 N–H and O–H groups in total. The number of carbonyl (C=O) groups is 1. The molecule has 1 amide bonds. The maximum absolute atomic E-state index is 12.2. The largest absolute Gasteiger partial charge is 0.444 e. The van der Waals surface area contributed by atoms with E-state index in [1.165, 1.54) is 11.3 Å². The Bertz CT molecular complexity index is 572. The van der Waals surface area contributed by atoms with Gasteiger partial charge < -0.3 is 9.64 Å². The third-order valence-corrected chi connectivity index (χ3v) is 3.67. The summed E-state index contributed by atoms with van der Waals surface area (Å²) in [6.45, 7) is 7.05. The highest BCUT2D eigenvalue weighted by molar-refractivity contribution is 5.99. The molecule has 3 rings (SSSR count). The van der Waals surface area contributed by atoms with E-state index >= 15 is 0 Å². The number of carbonyl (C=O) groups excluding carboxylic acids is 1. The Morgan fingerprint density at radius 2 is 2.10 bits per heavy atom. The van der Waals surface area contributed by atoms with Gasteiger partial charge in [-0.05, 0) is 32.4 Å². The SMILES string of the molecule is CC(C)(C)OC(=O)N1CCC2=Nc3ccccc3[C@H]2C1. The Labute approximate surface area is 119 Å². The molecule has 1 aromatic carbocycles. The molecule has 1 saturated heterocycles. The summed E-state index contributed by atoms with van der Waals surface area (Å²) in [5, 5.41) is 0. The first-order valence-corrected chi connectivity index (χ1v) is 7.08. The van der Waals surface area contributed by atoms with E-state index < -0.39 is 5.60 Å². The summed E-state index contributed by atoms with van der Waals surface area (Å²) in [6.07, 6.45) is 0.611. The standard InChI is InChI=1S/C16H20N2O2/c1-16(2,3)20-15(19)18-9-8-14-12(10-18)11-6-4-5-7-13(11)17-14/h4-7,12H,8-10H2,1-3H3/t12-/m1/s1. The number of ether oxygens (including phenoxy) is 1. The summed E-state index contributed by atoms with van der Waals surface area (Å²) >= 11 is 0. The fraction of sp³-hybridized carbons (Fsp3) is 0.500. The number of fused-ring (bicyclic) bond motifs is 3. The van der Waals surface area contributed by atoms with Gasteiger partial charge in [0.05, 0.1) is 5.69 Å². The third-order valence-electron chi connectivity index (χ3n) is 3.67. The number of piperidine rings is 1. The molecule has 0 saturated carbocycles.